The summed E-state index contributed by atoms with van der Waals surface area (Å²) in [6, 6.07) is 1.62. The van der Waals surface area contributed by atoms with Gasteiger partial charge < -0.3 is 19.6 Å². The van der Waals surface area contributed by atoms with Crippen molar-refractivity contribution in [2.24, 2.45) is 0 Å². The molecular formula is C12H20N4O3. The van der Waals surface area contributed by atoms with Gasteiger partial charge >= 0.3 is 0 Å². The van der Waals surface area contributed by atoms with Crippen LogP contribution in [0.25, 0.3) is 0 Å². The number of hydrogen-bond donors (Lipinski definition) is 1. The van der Waals surface area contributed by atoms with Gasteiger partial charge in [0.15, 0.2) is 5.82 Å². The lowest BCUT2D eigenvalue weighted by Crippen LogP contribution is -2.40. The van der Waals surface area contributed by atoms with Gasteiger partial charge in [-0.15, -0.1) is 0 Å². The molecule has 2 amide bonds. The minimum Gasteiger partial charge on any atom is -0.360 e. The number of carbonyl (C=O) groups excluding carboxylic acids is 2. The molecule has 0 aliphatic rings. The Morgan fingerprint density at radius 2 is 2.05 bits per heavy atom. The molecular weight excluding hydrogens is 248 g/mol. The number of nitrogens with zero attached hydrogens (tertiary/aromatic N) is 3. The zero-order valence-corrected chi connectivity index (χ0v) is 11.8. The van der Waals surface area contributed by atoms with Crippen LogP contribution in [0.15, 0.2) is 10.6 Å². The summed E-state index contributed by atoms with van der Waals surface area (Å²) in [4.78, 5) is 26.7. The highest BCUT2D eigenvalue weighted by Crippen LogP contribution is 2.06. The van der Waals surface area contributed by atoms with Gasteiger partial charge in [-0.05, 0) is 21.0 Å². The van der Waals surface area contributed by atoms with E-state index in [4.69, 9.17) is 4.52 Å². The zero-order valence-electron chi connectivity index (χ0n) is 11.8. The summed E-state index contributed by atoms with van der Waals surface area (Å²) in [6.07, 6.45) is 0. The van der Waals surface area contributed by atoms with Gasteiger partial charge in [-0.25, -0.2) is 0 Å². The van der Waals surface area contributed by atoms with E-state index in [1.807, 2.05) is 19.0 Å². The Balaban J connectivity index is 2.49. The number of aryl methyl sites for hydroxylation is 1. The van der Waals surface area contributed by atoms with Gasteiger partial charge in [-0.3, -0.25) is 9.59 Å². The Labute approximate surface area is 112 Å². The lowest BCUT2D eigenvalue weighted by Gasteiger charge is -2.22. The molecule has 1 aromatic heterocycles. The number of nitrogens with one attached hydrogen (secondary N) is 1. The first kappa shape index (κ1) is 15.2. The molecule has 1 rings (SSSR count). The summed E-state index contributed by atoms with van der Waals surface area (Å²) in [6.45, 7) is 4.41. The fourth-order valence-corrected chi connectivity index (χ4v) is 1.45. The van der Waals surface area contributed by atoms with Crippen molar-refractivity contribution in [1.82, 2.24) is 15.0 Å². The molecule has 0 aliphatic heterocycles. The molecule has 0 saturated carbocycles. The summed E-state index contributed by atoms with van der Waals surface area (Å²) < 4.78 is 4.84. The molecule has 106 valence electrons. The monoisotopic (exact) mass is 268 g/mol. The smallest absolute Gasteiger partial charge is 0.245 e. The number of carbonyl (C=O) groups is 2. The molecule has 0 radical (unpaired) electrons. The second-order valence-electron chi connectivity index (χ2n) is 4.61. The highest BCUT2D eigenvalue weighted by molar-refractivity contribution is 5.93. The lowest BCUT2D eigenvalue weighted by molar-refractivity contribution is -0.132. The number of amides is 2. The number of likely N-dealkylation sites (N-methyl/N-ethyl adjacent to an activating group) is 1. The summed E-state index contributed by atoms with van der Waals surface area (Å²) in [5, 5.41) is 6.25. The predicted molar refractivity (Wildman–Crippen MR) is 70.7 cm³/mol. The van der Waals surface area contributed by atoms with E-state index in [1.54, 1.807) is 13.0 Å². The highest BCUT2D eigenvalue weighted by Gasteiger charge is 2.14. The van der Waals surface area contributed by atoms with Crippen molar-refractivity contribution in [3.8, 4) is 0 Å². The van der Waals surface area contributed by atoms with Crippen LogP contribution in [0.5, 0.6) is 0 Å². The molecule has 19 heavy (non-hydrogen) atoms. The predicted octanol–water partition coefficient (Wildman–Crippen LogP) is 0.332. The lowest BCUT2D eigenvalue weighted by atomic mass is 10.4. The van der Waals surface area contributed by atoms with Crippen LogP contribution in [0, 0.1) is 6.92 Å². The number of aromatic nitrogens is 1. The minimum absolute atomic E-state index is 0.00901. The van der Waals surface area contributed by atoms with Crippen LogP contribution in [-0.2, 0) is 9.59 Å². The summed E-state index contributed by atoms with van der Waals surface area (Å²) in [7, 11) is 3.83. The normalized spacial score (nSPS) is 10.6. The van der Waals surface area contributed by atoms with E-state index in [0.29, 0.717) is 24.7 Å². The molecule has 1 aromatic rings. The maximum atomic E-state index is 11.8. The molecule has 0 aliphatic carbocycles. The van der Waals surface area contributed by atoms with E-state index in [-0.39, 0.29) is 18.4 Å². The molecule has 0 spiro atoms. The van der Waals surface area contributed by atoms with Gasteiger partial charge in [0.05, 0.1) is 6.54 Å². The van der Waals surface area contributed by atoms with Gasteiger partial charge in [-0.1, -0.05) is 5.16 Å². The first-order chi connectivity index (χ1) is 8.88. The van der Waals surface area contributed by atoms with Crippen LogP contribution in [0.1, 0.15) is 12.7 Å². The third-order valence-electron chi connectivity index (χ3n) is 2.49. The number of anilines is 1. The Kier molecular flexibility index (Phi) is 5.50. The Morgan fingerprint density at radius 1 is 1.37 bits per heavy atom. The van der Waals surface area contributed by atoms with Crippen molar-refractivity contribution in [3.63, 3.8) is 0 Å². The Morgan fingerprint density at radius 3 is 2.53 bits per heavy atom. The van der Waals surface area contributed by atoms with Crippen molar-refractivity contribution in [3.05, 3.63) is 11.8 Å². The SMILES string of the molecule is CC(=O)N(CCN(C)C)CC(=O)Nc1cc(C)on1. The van der Waals surface area contributed by atoms with E-state index < -0.39 is 0 Å². The maximum absolute atomic E-state index is 11.8. The van der Waals surface area contributed by atoms with Crippen LogP contribution in [0.2, 0.25) is 0 Å². The molecule has 7 heteroatoms. The molecule has 0 fully saturated rings. The maximum Gasteiger partial charge on any atom is 0.245 e. The third kappa shape index (κ3) is 5.52. The summed E-state index contributed by atoms with van der Waals surface area (Å²) in [5.74, 6) is 0.556. The molecule has 0 unspecified atom stereocenters. The van der Waals surface area contributed by atoms with E-state index in [2.05, 4.69) is 10.5 Å². The molecule has 0 bridgehead atoms. The first-order valence-electron chi connectivity index (χ1n) is 6.02. The van der Waals surface area contributed by atoms with Crippen LogP contribution in [0.3, 0.4) is 0 Å². The average molecular weight is 268 g/mol. The van der Waals surface area contributed by atoms with E-state index >= 15 is 0 Å². The number of hydrogen-bond acceptors (Lipinski definition) is 5. The molecule has 0 atom stereocenters. The van der Waals surface area contributed by atoms with Crippen molar-refractivity contribution in [2.45, 2.75) is 13.8 Å². The van der Waals surface area contributed by atoms with Gasteiger partial charge in [0.25, 0.3) is 0 Å². The van der Waals surface area contributed by atoms with Crippen molar-refractivity contribution >= 4 is 17.6 Å². The number of rotatable bonds is 6. The van der Waals surface area contributed by atoms with Gasteiger partial charge in [0, 0.05) is 26.1 Å². The molecule has 1 N–H and O–H groups in total. The molecule has 1 heterocycles. The standard InChI is InChI=1S/C12H20N4O3/c1-9-7-11(14-19-9)13-12(18)8-16(10(2)17)6-5-15(3)4/h7H,5-6,8H2,1-4H3,(H,13,14,18). The van der Waals surface area contributed by atoms with Crippen molar-refractivity contribution in [1.29, 1.82) is 0 Å². The van der Waals surface area contributed by atoms with Crippen LogP contribution in [0.4, 0.5) is 5.82 Å². The van der Waals surface area contributed by atoms with Crippen LogP contribution >= 0.6 is 0 Å². The van der Waals surface area contributed by atoms with Crippen LogP contribution in [-0.4, -0.2) is 60.5 Å². The fraction of sp³-hybridized carbons (Fsp3) is 0.583. The molecule has 0 saturated heterocycles. The van der Waals surface area contributed by atoms with Crippen molar-refractivity contribution < 1.29 is 14.1 Å². The zero-order chi connectivity index (χ0) is 14.4. The molecule has 0 aromatic carbocycles. The summed E-state index contributed by atoms with van der Waals surface area (Å²) in [5.41, 5.74) is 0. The largest absolute Gasteiger partial charge is 0.360 e. The van der Waals surface area contributed by atoms with Gasteiger partial charge in [0.1, 0.15) is 5.76 Å². The molecule has 7 nitrogen and oxygen atoms in total. The van der Waals surface area contributed by atoms with Gasteiger partial charge in [-0.2, -0.15) is 0 Å². The first-order valence-corrected chi connectivity index (χ1v) is 6.02. The average Bonchev–Trinajstić information content (AvgIpc) is 2.69. The topological polar surface area (TPSA) is 78.7 Å². The van der Waals surface area contributed by atoms with Crippen LogP contribution < -0.4 is 5.32 Å². The Bertz CT molecular complexity index is 442. The highest BCUT2D eigenvalue weighted by atomic mass is 16.5. The van der Waals surface area contributed by atoms with Gasteiger partial charge in [0.2, 0.25) is 11.8 Å². The second-order valence-corrected chi connectivity index (χ2v) is 4.61. The quantitative estimate of drug-likeness (QED) is 0.804. The minimum atomic E-state index is -0.290. The Hall–Kier alpha value is -1.89. The van der Waals surface area contributed by atoms with E-state index in [9.17, 15) is 9.59 Å². The van der Waals surface area contributed by atoms with E-state index in [0.717, 1.165) is 0 Å². The fourth-order valence-electron chi connectivity index (χ4n) is 1.45. The van der Waals surface area contributed by atoms with Crippen molar-refractivity contribution in [2.75, 3.05) is 39.0 Å². The summed E-state index contributed by atoms with van der Waals surface area (Å²) >= 11 is 0. The second kappa shape index (κ2) is 6.89. The third-order valence-corrected chi connectivity index (χ3v) is 2.49. The van der Waals surface area contributed by atoms with E-state index in [1.165, 1.54) is 11.8 Å².